The number of ether oxygens (including phenoxy) is 1. The Morgan fingerprint density at radius 1 is 1.00 bits per heavy atom. The molecule has 0 heterocycles. The molecule has 4 rings (SSSR count). The molecule has 3 nitrogen and oxygen atoms in total. The molecule has 4 fully saturated rings. The number of amides is 1. The van der Waals surface area contributed by atoms with E-state index in [1.165, 1.54) is 38.5 Å². The van der Waals surface area contributed by atoms with E-state index < -0.39 is 0 Å². The van der Waals surface area contributed by atoms with Crippen molar-refractivity contribution in [2.45, 2.75) is 58.3 Å². The van der Waals surface area contributed by atoms with Gasteiger partial charge in [-0.2, -0.15) is 0 Å². The van der Waals surface area contributed by atoms with Crippen LogP contribution in [0.3, 0.4) is 0 Å². The summed E-state index contributed by atoms with van der Waals surface area (Å²) < 4.78 is 5.54. The van der Waals surface area contributed by atoms with Gasteiger partial charge in [-0.05, 0) is 68.6 Å². The first-order valence-electron chi connectivity index (χ1n) is 9.13. The van der Waals surface area contributed by atoms with Gasteiger partial charge in [-0.25, -0.2) is 0 Å². The van der Waals surface area contributed by atoms with Crippen molar-refractivity contribution in [1.29, 1.82) is 0 Å². The zero-order valence-corrected chi connectivity index (χ0v) is 13.5. The highest BCUT2D eigenvalue weighted by molar-refractivity contribution is 5.79. The van der Waals surface area contributed by atoms with Crippen LogP contribution in [0.5, 0.6) is 0 Å². The van der Waals surface area contributed by atoms with E-state index in [9.17, 15) is 4.79 Å². The lowest BCUT2D eigenvalue weighted by atomic mass is 9.51. The van der Waals surface area contributed by atoms with Crippen LogP contribution in [0, 0.1) is 29.6 Å². The van der Waals surface area contributed by atoms with Gasteiger partial charge in [-0.3, -0.25) is 4.79 Å². The maximum atomic E-state index is 12.5. The van der Waals surface area contributed by atoms with Gasteiger partial charge in [-0.15, -0.1) is 0 Å². The highest BCUT2D eigenvalue weighted by atomic mass is 16.5. The van der Waals surface area contributed by atoms with Crippen LogP contribution in [0.1, 0.15) is 58.3 Å². The molecule has 21 heavy (non-hydrogen) atoms. The minimum absolute atomic E-state index is 0.332. The van der Waals surface area contributed by atoms with Crippen LogP contribution in [-0.4, -0.2) is 25.7 Å². The van der Waals surface area contributed by atoms with Crippen LogP contribution in [-0.2, 0) is 9.53 Å². The number of nitrogens with one attached hydrogen (secondary N) is 1. The molecule has 0 atom stereocenters. The standard InChI is InChI=1S/C18H31NO2/c1-2-3-6-21-7-4-5-19-18(20)17-15-9-13-8-14(11-15)12-16(17)10-13/h13-17H,2-12H2,1H3,(H,19,20). The second kappa shape index (κ2) is 7.13. The molecular weight excluding hydrogens is 262 g/mol. The molecule has 0 radical (unpaired) electrons. The Morgan fingerprint density at radius 3 is 2.24 bits per heavy atom. The number of carbonyl (C=O) groups excluding carboxylic acids is 1. The van der Waals surface area contributed by atoms with Crippen molar-refractivity contribution in [3.05, 3.63) is 0 Å². The van der Waals surface area contributed by atoms with Gasteiger partial charge in [0.25, 0.3) is 0 Å². The Hall–Kier alpha value is -0.570. The molecule has 0 aliphatic heterocycles. The summed E-state index contributed by atoms with van der Waals surface area (Å²) >= 11 is 0. The van der Waals surface area contributed by atoms with Crippen molar-refractivity contribution in [2.24, 2.45) is 29.6 Å². The first kappa shape index (κ1) is 15.3. The lowest BCUT2D eigenvalue weighted by Gasteiger charge is -2.53. The molecule has 1 N–H and O–H groups in total. The summed E-state index contributed by atoms with van der Waals surface area (Å²) in [7, 11) is 0. The summed E-state index contributed by atoms with van der Waals surface area (Å²) in [4.78, 5) is 12.5. The average molecular weight is 293 g/mol. The summed E-state index contributed by atoms with van der Waals surface area (Å²) in [5.41, 5.74) is 0. The zero-order chi connectivity index (χ0) is 14.7. The smallest absolute Gasteiger partial charge is 0.223 e. The van der Waals surface area contributed by atoms with Gasteiger partial charge < -0.3 is 10.1 Å². The van der Waals surface area contributed by atoms with E-state index in [2.05, 4.69) is 12.2 Å². The molecule has 4 aliphatic carbocycles. The van der Waals surface area contributed by atoms with E-state index in [-0.39, 0.29) is 0 Å². The first-order valence-corrected chi connectivity index (χ1v) is 9.13. The van der Waals surface area contributed by atoms with Crippen molar-refractivity contribution >= 4 is 5.91 Å². The minimum atomic E-state index is 0.332. The molecule has 0 unspecified atom stereocenters. The third-order valence-electron chi connectivity index (χ3n) is 5.94. The van der Waals surface area contributed by atoms with E-state index in [1.54, 1.807) is 0 Å². The highest BCUT2D eigenvalue weighted by Gasteiger charge is 2.50. The van der Waals surface area contributed by atoms with Crippen molar-refractivity contribution in [3.8, 4) is 0 Å². The molecule has 4 aliphatic rings. The Morgan fingerprint density at radius 2 is 1.62 bits per heavy atom. The van der Waals surface area contributed by atoms with Crippen LogP contribution >= 0.6 is 0 Å². The normalized spacial score (nSPS) is 36.9. The van der Waals surface area contributed by atoms with Crippen molar-refractivity contribution in [1.82, 2.24) is 5.32 Å². The van der Waals surface area contributed by atoms with Gasteiger partial charge in [0.05, 0.1) is 0 Å². The Labute approximate surface area is 129 Å². The predicted octanol–water partition coefficient (Wildman–Crippen LogP) is 3.38. The van der Waals surface area contributed by atoms with Crippen molar-refractivity contribution in [2.75, 3.05) is 19.8 Å². The third-order valence-corrected chi connectivity index (χ3v) is 5.94. The number of hydrogen-bond acceptors (Lipinski definition) is 2. The molecule has 0 aromatic carbocycles. The summed E-state index contributed by atoms with van der Waals surface area (Å²) in [6.07, 6.45) is 10.0. The molecule has 120 valence electrons. The number of unbranched alkanes of at least 4 members (excludes halogenated alkanes) is 1. The maximum Gasteiger partial charge on any atom is 0.223 e. The van der Waals surface area contributed by atoms with E-state index in [0.717, 1.165) is 44.4 Å². The van der Waals surface area contributed by atoms with E-state index in [4.69, 9.17) is 4.74 Å². The van der Waals surface area contributed by atoms with Gasteiger partial charge in [-0.1, -0.05) is 13.3 Å². The van der Waals surface area contributed by atoms with Crippen LogP contribution in [0.2, 0.25) is 0 Å². The van der Waals surface area contributed by atoms with Crippen molar-refractivity contribution in [3.63, 3.8) is 0 Å². The second-order valence-corrected chi connectivity index (χ2v) is 7.57. The fraction of sp³-hybridized carbons (Fsp3) is 0.944. The number of hydrogen-bond donors (Lipinski definition) is 1. The van der Waals surface area contributed by atoms with Gasteiger partial charge in [0.1, 0.15) is 0 Å². The number of carbonyl (C=O) groups is 1. The summed E-state index contributed by atoms with van der Waals surface area (Å²) in [6, 6.07) is 0. The largest absolute Gasteiger partial charge is 0.381 e. The molecule has 0 saturated heterocycles. The molecular formula is C18H31NO2. The molecule has 1 amide bonds. The third kappa shape index (κ3) is 3.61. The molecule has 0 aromatic rings. The fourth-order valence-corrected chi connectivity index (χ4v) is 5.21. The van der Waals surface area contributed by atoms with Gasteiger partial charge >= 0.3 is 0 Å². The molecule has 0 spiro atoms. The lowest BCUT2D eigenvalue weighted by molar-refractivity contribution is -0.138. The molecule has 4 saturated carbocycles. The fourth-order valence-electron chi connectivity index (χ4n) is 5.21. The second-order valence-electron chi connectivity index (χ2n) is 7.57. The summed E-state index contributed by atoms with van der Waals surface area (Å²) in [5, 5.41) is 3.18. The molecule has 0 aromatic heterocycles. The zero-order valence-electron chi connectivity index (χ0n) is 13.5. The maximum absolute atomic E-state index is 12.5. The molecule has 4 bridgehead atoms. The van der Waals surface area contributed by atoms with Crippen LogP contribution in [0.4, 0.5) is 0 Å². The van der Waals surface area contributed by atoms with Crippen LogP contribution in [0.15, 0.2) is 0 Å². The van der Waals surface area contributed by atoms with Gasteiger partial charge in [0, 0.05) is 25.7 Å². The minimum Gasteiger partial charge on any atom is -0.381 e. The lowest BCUT2D eigenvalue weighted by Crippen LogP contribution is -2.51. The van der Waals surface area contributed by atoms with Crippen LogP contribution in [0.25, 0.3) is 0 Å². The predicted molar refractivity (Wildman–Crippen MR) is 83.9 cm³/mol. The van der Waals surface area contributed by atoms with Gasteiger partial charge in [0.15, 0.2) is 0 Å². The Kier molecular flexibility index (Phi) is 5.20. The van der Waals surface area contributed by atoms with Gasteiger partial charge in [0.2, 0.25) is 5.91 Å². The van der Waals surface area contributed by atoms with E-state index in [0.29, 0.717) is 23.7 Å². The Bertz CT molecular complexity index is 327. The van der Waals surface area contributed by atoms with E-state index >= 15 is 0 Å². The first-order chi connectivity index (χ1) is 10.3. The summed E-state index contributed by atoms with van der Waals surface area (Å²) in [6.45, 7) is 4.60. The van der Waals surface area contributed by atoms with Crippen molar-refractivity contribution < 1.29 is 9.53 Å². The highest BCUT2D eigenvalue weighted by Crippen LogP contribution is 2.56. The van der Waals surface area contributed by atoms with E-state index in [1.807, 2.05) is 0 Å². The number of rotatable bonds is 8. The Balaban J connectivity index is 1.36. The monoisotopic (exact) mass is 293 g/mol. The quantitative estimate of drug-likeness (QED) is 0.697. The molecule has 3 heteroatoms. The van der Waals surface area contributed by atoms with Crippen LogP contribution < -0.4 is 5.32 Å². The topological polar surface area (TPSA) is 38.3 Å². The SMILES string of the molecule is CCCCOCCCNC(=O)C1C2CC3CC(C2)CC1C3. The average Bonchev–Trinajstić information content (AvgIpc) is 2.45. The summed E-state index contributed by atoms with van der Waals surface area (Å²) in [5.74, 6) is 3.97.